The van der Waals surface area contributed by atoms with Crippen LogP contribution < -0.4 is 5.32 Å². The van der Waals surface area contributed by atoms with Crippen molar-refractivity contribution in [2.75, 3.05) is 13.2 Å². The summed E-state index contributed by atoms with van der Waals surface area (Å²) < 4.78 is 0. The number of carbonyl (C=O) groups excluding carboxylic acids is 1. The number of hydrogen-bond donors (Lipinski definition) is 2. The van der Waals surface area contributed by atoms with Crippen molar-refractivity contribution in [2.45, 2.75) is 46.5 Å². The molecule has 2 N–H and O–H groups in total. The largest absolute Gasteiger partial charge is 0.396 e. The predicted molar refractivity (Wildman–Crippen MR) is 65.0 cm³/mol. The number of aliphatic hydroxyl groups excluding tert-OH is 1. The molecule has 3 nitrogen and oxygen atoms in total. The molecule has 1 amide bonds. The fraction of sp³-hybridized carbons (Fsp3) is 0.923. The highest BCUT2D eigenvalue weighted by atomic mass is 16.3. The van der Waals surface area contributed by atoms with Crippen molar-refractivity contribution in [3.05, 3.63) is 0 Å². The van der Waals surface area contributed by atoms with Crippen LogP contribution in [-0.2, 0) is 4.79 Å². The van der Waals surface area contributed by atoms with E-state index in [-0.39, 0.29) is 23.8 Å². The van der Waals surface area contributed by atoms with Crippen molar-refractivity contribution in [1.82, 2.24) is 5.32 Å². The van der Waals surface area contributed by atoms with Gasteiger partial charge in [-0.25, -0.2) is 0 Å². The molecule has 1 rings (SSSR count). The molecule has 0 aromatic heterocycles. The molecular formula is C13H25NO2. The smallest absolute Gasteiger partial charge is 0.223 e. The molecule has 0 radical (unpaired) electrons. The third-order valence-electron chi connectivity index (χ3n) is 3.27. The van der Waals surface area contributed by atoms with Gasteiger partial charge in [-0.3, -0.25) is 4.79 Å². The van der Waals surface area contributed by atoms with Gasteiger partial charge in [-0.15, -0.1) is 0 Å². The highest BCUT2D eigenvalue weighted by Crippen LogP contribution is 2.28. The molecule has 1 saturated carbocycles. The summed E-state index contributed by atoms with van der Waals surface area (Å²) in [6, 6.07) is 0. The van der Waals surface area contributed by atoms with Crippen LogP contribution in [0.5, 0.6) is 0 Å². The zero-order chi connectivity index (χ0) is 12.2. The first kappa shape index (κ1) is 13.5. The topological polar surface area (TPSA) is 49.3 Å². The van der Waals surface area contributed by atoms with E-state index in [0.29, 0.717) is 5.92 Å². The van der Waals surface area contributed by atoms with Crippen molar-refractivity contribution in [3.8, 4) is 0 Å². The quantitative estimate of drug-likeness (QED) is 0.774. The fourth-order valence-electron chi connectivity index (χ4n) is 2.10. The van der Waals surface area contributed by atoms with Crippen LogP contribution in [-0.4, -0.2) is 24.2 Å². The van der Waals surface area contributed by atoms with E-state index >= 15 is 0 Å². The molecule has 1 aliphatic rings. The molecule has 0 unspecified atom stereocenters. The van der Waals surface area contributed by atoms with E-state index < -0.39 is 0 Å². The molecule has 1 fully saturated rings. The molecule has 0 saturated heterocycles. The number of carbonyl (C=O) groups is 1. The maximum absolute atomic E-state index is 11.9. The number of hydrogen-bond acceptors (Lipinski definition) is 2. The van der Waals surface area contributed by atoms with Crippen molar-refractivity contribution >= 4 is 5.91 Å². The Morgan fingerprint density at radius 1 is 1.25 bits per heavy atom. The van der Waals surface area contributed by atoms with Crippen LogP contribution >= 0.6 is 0 Å². The van der Waals surface area contributed by atoms with Crippen LogP contribution in [0.4, 0.5) is 0 Å². The Labute approximate surface area is 98.6 Å². The summed E-state index contributed by atoms with van der Waals surface area (Å²) in [6.45, 7) is 7.38. The molecule has 0 aliphatic heterocycles. The maximum Gasteiger partial charge on any atom is 0.223 e. The first-order chi connectivity index (χ1) is 7.42. The molecule has 94 valence electrons. The van der Waals surface area contributed by atoms with Gasteiger partial charge in [0.2, 0.25) is 5.91 Å². The third kappa shape index (κ3) is 4.52. The van der Waals surface area contributed by atoms with Gasteiger partial charge >= 0.3 is 0 Å². The van der Waals surface area contributed by atoms with Gasteiger partial charge in [-0.05, 0) is 37.0 Å². The molecule has 0 bridgehead atoms. The predicted octanol–water partition coefficient (Wildman–Crippen LogP) is 1.95. The first-order valence-corrected chi connectivity index (χ1v) is 6.31. The Morgan fingerprint density at radius 2 is 1.81 bits per heavy atom. The zero-order valence-corrected chi connectivity index (χ0v) is 10.8. The molecule has 1 aliphatic carbocycles. The van der Waals surface area contributed by atoms with E-state index in [1.165, 1.54) is 0 Å². The minimum Gasteiger partial charge on any atom is -0.396 e. The summed E-state index contributed by atoms with van der Waals surface area (Å²) in [4.78, 5) is 11.9. The van der Waals surface area contributed by atoms with Gasteiger partial charge < -0.3 is 10.4 Å². The lowest BCUT2D eigenvalue weighted by Gasteiger charge is -2.27. The van der Waals surface area contributed by atoms with Gasteiger partial charge in [0, 0.05) is 19.1 Å². The van der Waals surface area contributed by atoms with Crippen LogP contribution in [0, 0.1) is 17.3 Å². The number of rotatable bonds is 3. The highest BCUT2D eigenvalue weighted by molar-refractivity contribution is 5.78. The van der Waals surface area contributed by atoms with Gasteiger partial charge in [0.15, 0.2) is 0 Å². The van der Waals surface area contributed by atoms with Crippen LogP contribution in [0.15, 0.2) is 0 Å². The van der Waals surface area contributed by atoms with E-state index in [1.807, 2.05) is 0 Å². The zero-order valence-electron chi connectivity index (χ0n) is 10.8. The number of amides is 1. The summed E-state index contributed by atoms with van der Waals surface area (Å²) in [5, 5.41) is 12.0. The average molecular weight is 227 g/mol. The normalized spacial score (nSPS) is 26.5. The average Bonchev–Trinajstić information content (AvgIpc) is 2.25. The number of nitrogens with one attached hydrogen (secondary N) is 1. The summed E-state index contributed by atoms with van der Waals surface area (Å²) in [5.41, 5.74) is 0.151. The van der Waals surface area contributed by atoms with Crippen molar-refractivity contribution in [2.24, 2.45) is 17.3 Å². The van der Waals surface area contributed by atoms with E-state index in [0.717, 1.165) is 32.2 Å². The van der Waals surface area contributed by atoms with E-state index in [2.05, 4.69) is 26.1 Å². The molecule has 3 heteroatoms. The summed E-state index contributed by atoms with van der Waals surface area (Å²) in [5.74, 6) is 0.795. The Bertz CT molecular complexity index is 225. The lowest BCUT2D eigenvalue weighted by molar-refractivity contribution is -0.126. The standard InChI is InChI=1S/C13H25NO2/c1-13(2,3)9-14-12(16)11-6-4-10(8-15)5-7-11/h10-11,15H,4-9H2,1-3H3,(H,14,16). The lowest BCUT2D eigenvalue weighted by atomic mass is 9.82. The molecule has 0 aromatic carbocycles. The Morgan fingerprint density at radius 3 is 2.25 bits per heavy atom. The Kier molecular flexibility index (Phi) is 4.78. The van der Waals surface area contributed by atoms with Crippen molar-refractivity contribution in [1.29, 1.82) is 0 Å². The first-order valence-electron chi connectivity index (χ1n) is 6.31. The fourth-order valence-corrected chi connectivity index (χ4v) is 2.10. The van der Waals surface area contributed by atoms with E-state index in [9.17, 15) is 4.79 Å². The SMILES string of the molecule is CC(C)(C)CNC(=O)C1CCC(CO)CC1. The molecule has 0 heterocycles. The van der Waals surface area contributed by atoms with Gasteiger partial charge in [-0.2, -0.15) is 0 Å². The second-order valence-electron chi connectivity index (χ2n) is 6.18. The monoisotopic (exact) mass is 227 g/mol. The van der Waals surface area contributed by atoms with Gasteiger partial charge in [0.05, 0.1) is 0 Å². The molecule has 0 aromatic rings. The van der Waals surface area contributed by atoms with Gasteiger partial charge in [0.1, 0.15) is 0 Å². The van der Waals surface area contributed by atoms with Crippen LogP contribution in [0.25, 0.3) is 0 Å². The van der Waals surface area contributed by atoms with Crippen molar-refractivity contribution in [3.63, 3.8) is 0 Å². The Balaban J connectivity index is 2.28. The van der Waals surface area contributed by atoms with Crippen LogP contribution in [0.1, 0.15) is 46.5 Å². The highest BCUT2D eigenvalue weighted by Gasteiger charge is 2.26. The molecule has 0 atom stereocenters. The second-order valence-corrected chi connectivity index (χ2v) is 6.18. The Hall–Kier alpha value is -0.570. The van der Waals surface area contributed by atoms with Crippen LogP contribution in [0.2, 0.25) is 0 Å². The minimum absolute atomic E-state index is 0.151. The van der Waals surface area contributed by atoms with Crippen LogP contribution in [0.3, 0.4) is 0 Å². The molecule has 0 spiro atoms. The summed E-state index contributed by atoms with van der Waals surface area (Å²) in [7, 11) is 0. The van der Waals surface area contributed by atoms with Crippen molar-refractivity contribution < 1.29 is 9.90 Å². The minimum atomic E-state index is 0.151. The maximum atomic E-state index is 11.9. The van der Waals surface area contributed by atoms with E-state index in [1.54, 1.807) is 0 Å². The second kappa shape index (κ2) is 5.67. The summed E-state index contributed by atoms with van der Waals surface area (Å²) >= 11 is 0. The van der Waals surface area contributed by atoms with E-state index in [4.69, 9.17) is 5.11 Å². The van der Waals surface area contributed by atoms with Gasteiger partial charge in [-0.1, -0.05) is 20.8 Å². The molecule has 16 heavy (non-hydrogen) atoms. The third-order valence-corrected chi connectivity index (χ3v) is 3.27. The summed E-state index contributed by atoms with van der Waals surface area (Å²) in [6.07, 6.45) is 3.84. The lowest BCUT2D eigenvalue weighted by Crippen LogP contribution is -2.38. The molecular weight excluding hydrogens is 202 g/mol. The number of aliphatic hydroxyl groups is 1. The van der Waals surface area contributed by atoms with Gasteiger partial charge in [0.25, 0.3) is 0 Å².